The van der Waals surface area contributed by atoms with Crippen LogP contribution < -0.4 is 21.3 Å². The number of hydrogen-bond acceptors (Lipinski definition) is 14. The fourth-order valence-electron chi connectivity index (χ4n) is 7.89. The van der Waals surface area contributed by atoms with Crippen molar-refractivity contribution in [2.45, 2.75) is 95.9 Å². The molecule has 1 saturated carbocycles. The van der Waals surface area contributed by atoms with Gasteiger partial charge in [0.05, 0.1) is 76.3 Å². The topological polar surface area (TPSA) is 208 Å². The molecule has 3 atom stereocenters. The van der Waals surface area contributed by atoms with Gasteiger partial charge in [0.2, 0.25) is 11.8 Å². The van der Waals surface area contributed by atoms with Gasteiger partial charge in [-0.25, -0.2) is 9.67 Å². The van der Waals surface area contributed by atoms with E-state index >= 15 is 0 Å². The zero-order valence-corrected chi connectivity index (χ0v) is 34.2. The van der Waals surface area contributed by atoms with Crippen LogP contribution in [-0.2, 0) is 36.9 Å². The number of amides is 4. The van der Waals surface area contributed by atoms with Crippen LogP contribution in [-0.4, -0.2) is 122 Å². The van der Waals surface area contributed by atoms with E-state index < -0.39 is 29.7 Å². The minimum atomic E-state index is -1.03. The van der Waals surface area contributed by atoms with Crippen molar-refractivity contribution in [3.8, 4) is 0 Å². The predicted octanol–water partition coefficient (Wildman–Crippen LogP) is 3.56. The Labute approximate surface area is 347 Å². The number of carbonyl (C=O) groups excluding carboxylic acids is 4. The zero-order chi connectivity index (χ0) is 41.3. The zero-order valence-electron chi connectivity index (χ0n) is 33.5. The molecule has 4 aromatic rings. The first-order valence-electron chi connectivity index (χ1n) is 20.5. The molecule has 18 nitrogen and oxygen atoms in total. The molecule has 3 aliphatic rings. The van der Waals surface area contributed by atoms with E-state index in [-0.39, 0.29) is 30.5 Å². The summed E-state index contributed by atoms with van der Waals surface area (Å²) in [4.78, 5) is 56.2. The summed E-state index contributed by atoms with van der Waals surface area (Å²) < 4.78 is 20.6. The number of nitrogens with one attached hydrogen (secondary N) is 4. The van der Waals surface area contributed by atoms with Crippen molar-refractivity contribution in [1.29, 1.82) is 0 Å². The van der Waals surface area contributed by atoms with Crippen LogP contribution in [0.3, 0.4) is 0 Å². The lowest BCUT2D eigenvalue weighted by Gasteiger charge is -2.27. The van der Waals surface area contributed by atoms with Crippen molar-refractivity contribution in [3.63, 3.8) is 0 Å². The lowest BCUT2D eigenvalue weighted by atomic mass is 9.99. The summed E-state index contributed by atoms with van der Waals surface area (Å²) >= 11 is 6.42. The third-order valence-electron chi connectivity index (χ3n) is 11.0. The number of rotatable bonds is 22. The Morgan fingerprint density at radius 2 is 1.71 bits per heavy atom. The molecular weight excluding hydrogens is 782 g/mol. The fourth-order valence-corrected chi connectivity index (χ4v) is 8.06. The van der Waals surface area contributed by atoms with Gasteiger partial charge in [-0.2, -0.15) is 9.61 Å². The van der Waals surface area contributed by atoms with Crippen LogP contribution in [0.4, 0.5) is 11.5 Å². The van der Waals surface area contributed by atoms with Gasteiger partial charge < -0.3 is 30.2 Å². The summed E-state index contributed by atoms with van der Waals surface area (Å²) in [5, 5.41) is 26.1. The van der Waals surface area contributed by atoms with E-state index in [0.29, 0.717) is 86.2 Å². The van der Waals surface area contributed by atoms with Crippen LogP contribution in [0.5, 0.6) is 0 Å². The Bertz CT molecular complexity index is 2120. The third-order valence-corrected chi connectivity index (χ3v) is 11.3. The largest absolute Gasteiger partial charge is 0.379 e. The Morgan fingerprint density at radius 3 is 2.49 bits per heavy atom. The maximum absolute atomic E-state index is 13.3. The SMILES string of the molecule is CCC(CC)c1cc(N[C@H]2CC[C@H](NCCOCCOCCOCCn3cc(CNc4cccc5c4C(=O)N(C4CCC(=O)NC4=O)C5=O)nn3)C2)n2ncc(Cl)c2n1. The number of fused-ring (bicyclic) bond motifs is 2. The molecule has 2 fully saturated rings. The van der Waals surface area contributed by atoms with Crippen LogP contribution in [0.15, 0.2) is 36.7 Å². The fraction of sp³-hybridized carbons (Fsp3) is 0.550. The van der Waals surface area contributed by atoms with Gasteiger partial charge in [-0.15, -0.1) is 5.10 Å². The number of nitrogens with zero attached hydrogens (tertiary/aromatic N) is 7. The van der Waals surface area contributed by atoms with Crippen molar-refractivity contribution in [2.24, 2.45) is 0 Å². The summed E-state index contributed by atoms with van der Waals surface area (Å²) in [6, 6.07) is 6.76. The molecular formula is C40H52ClN11O7. The molecule has 7 rings (SSSR count). The molecule has 1 saturated heterocycles. The minimum Gasteiger partial charge on any atom is -0.379 e. The molecule has 4 amide bonds. The molecule has 3 aromatic heterocycles. The molecule has 1 unspecified atom stereocenters. The lowest BCUT2D eigenvalue weighted by molar-refractivity contribution is -0.136. The smallest absolute Gasteiger partial charge is 0.264 e. The quantitative estimate of drug-likeness (QED) is 0.0660. The monoisotopic (exact) mass is 833 g/mol. The molecule has 0 radical (unpaired) electrons. The highest BCUT2D eigenvalue weighted by molar-refractivity contribution is 6.33. The first-order valence-corrected chi connectivity index (χ1v) is 20.9. The first kappa shape index (κ1) is 42.1. The molecule has 1 aliphatic carbocycles. The highest BCUT2D eigenvalue weighted by Crippen LogP contribution is 2.33. The van der Waals surface area contributed by atoms with E-state index in [4.69, 9.17) is 30.8 Å². The molecule has 0 bridgehead atoms. The summed E-state index contributed by atoms with van der Waals surface area (Å²) in [6.07, 6.45) is 8.79. The van der Waals surface area contributed by atoms with Gasteiger partial charge in [0.25, 0.3) is 11.8 Å². The second kappa shape index (κ2) is 19.8. The van der Waals surface area contributed by atoms with Crippen molar-refractivity contribution in [1.82, 2.24) is 45.1 Å². The molecule has 4 N–H and O–H groups in total. The number of piperidine rings is 1. The van der Waals surface area contributed by atoms with Crippen LogP contribution in [0.1, 0.15) is 96.8 Å². The average Bonchev–Trinajstić information content (AvgIpc) is 4.02. The number of halogens is 1. The third kappa shape index (κ3) is 10.1. The average molecular weight is 834 g/mol. The Balaban J connectivity index is 0.725. The summed E-state index contributed by atoms with van der Waals surface area (Å²) in [5.74, 6) is -0.881. The van der Waals surface area contributed by atoms with Gasteiger partial charge in [-0.05, 0) is 50.7 Å². The summed E-state index contributed by atoms with van der Waals surface area (Å²) in [5.41, 5.74) is 3.21. The highest BCUT2D eigenvalue weighted by Gasteiger charge is 2.45. The number of imide groups is 2. The van der Waals surface area contributed by atoms with Gasteiger partial charge in [-0.1, -0.05) is 36.7 Å². The minimum absolute atomic E-state index is 0.0573. The van der Waals surface area contributed by atoms with Crippen molar-refractivity contribution in [2.75, 3.05) is 56.8 Å². The first-order chi connectivity index (χ1) is 28.7. The van der Waals surface area contributed by atoms with Crippen LogP contribution in [0.2, 0.25) is 5.02 Å². The summed E-state index contributed by atoms with van der Waals surface area (Å²) in [6.45, 7) is 8.77. The van der Waals surface area contributed by atoms with Gasteiger partial charge in [0.15, 0.2) is 5.65 Å². The molecule has 19 heteroatoms. The van der Waals surface area contributed by atoms with Gasteiger partial charge in [0, 0.05) is 48.4 Å². The van der Waals surface area contributed by atoms with E-state index in [1.165, 1.54) is 0 Å². The molecule has 5 heterocycles. The van der Waals surface area contributed by atoms with Crippen LogP contribution >= 0.6 is 11.6 Å². The van der Waals surface area contributed by atoms with Gasteiger partial charge in [0.1, 0.15) is 22.6 Å². The Morgan fingerprint density at radius 1 is 0.949 bits per heavy atom. The molecule has 2 aliphatic heterocycles. The molecule has 0 spiro atoms. The number of hydrogen-bond donors (Lipinski definition) is 4. The number of anilines is 2. The van der Waals surface area contributed by atoms with E-state index in [0.717, 1.165) is 55.1 Å². The van der Waals surface area contributed by atoms with Crippen molar-refractivity contribution in [3.05, 3.63) is 64.2 Å². The number of ether oxygens (including phenoxy) is 3. The second-order valence-corrected chi connectivity index (χ2v) is 15.4. The normalized spacial score (nSPS) is 19.3. The van der Waals surface area contributed by atoms with E-state index in [9.17, 15) is 19.2 Å². The van der Waals surface area contributed by atoms with Crippen LogP contribution in [0, 0.1) is 0 Å². The maximum atomic E-state index is 13.3. The van der Waals surface area contributed by atoms with Crippen molar-refractivity contribution >= 4 is 52.4 Å². The Kier molecular flexibility index (Phi) is 14.2. The molecule has 1 aromatic carbocycles. The summed E-state index contributed by atoms with van der Waals surface area (Å²) in [7, 11) is 0. The number of carbonyl (C=O) groups is 4. The molecule has 316 valence electrons. The van der Waals surface area contributed by atoms with Crippen LogP contribution in [0.25, 0.3) is 5.65 Å². The van der Waals surface area contributed by atoms with E-state index in [1.807, 2.05) is 4.52 Å². The predicted molar refractivity (Wildman–Crippen MR) is 217 cm³/mol. The Hall–Kier alpha value is -5.01. The lowest BCUT2D eigenvalue weighted by Crippen LogP contribution is -2.54. The van der Waals surface area contributed by atoms with E-state index in [2.05, 4.69) is 56.6 Å². The standard InChI is InChI=1S/C40H52ClN11O7/c1-3-25(4-2)32-21-34(52-37(46-32)30(41)23-44-52)45-27-9-8-26(20-27)42-12-14-57-16-18-59-19-17-58-15-13-50-24-28(48-49-50)22-43-31-7-5-6-29-36(31)40(56)51(39(29)55)33-10-11-35(53)47-38(33)54/h5-7,21,23-27,33,42-43,45H,3-4,8-20,22H2,1-2H3,(H,47,53,54)/t26-,27-,33?/m0/s1. The van der Waals surface area contributed by atoms with E-state index in [1.54, 1.807) is 35.3 Å². The van der Waals surface area contributed by atoms with Gasteiger partial charge >= 0.3 is 0 Å². The number of benzene rings is 1. The second-order valence-electron chi connectivity index (χ2n) is 15.0. The molecule has 59 heavy (non-hydrogen) atoms. The highest BCUT2D eigenvalue weighted by atomic mass is 35.5. The maximum Gasteiger partial charge on any atom is 0.264 e. The number of aromatic nitrogens is 6. The van der Waals surface area contributed by atoms with Gasteiger partial charge in [-0.3, -0.25) is 29.4 Å². The van der Waals surface area contributed by atoms with Crippen molar-refractivity contribution < 1.29 is 33.4 Å².